The second-order valence-corrected chi connectivity index (χ2v) is 5.78. The molecule has 1 heterocycles. The van der Waals surface area contributed by atoms with Gasteiger partial charge in [-0.3, -0.25) is 0 Å². The molecule has 1 saturated heterocycles. The van der Waals surface area contributed by atoms with Crippen LogP contribution in [0.25, 0.3) is 0 Å². The molecule has 0 bridgehead atoms. The van der Waals surface area contributed by atoms with Crippen molar-refractivity contribution in [2.45, 2.75) is 24.5 Å². The summed E-state index contributed by atoms with van der Waals surface area (Å²) in [6.45, 7) is 0.587. The summed E-state index contributed by atoms with van der Waals surface area (Å²) in [7, 11) is 3.08. The molecule has 2 amide bonds. The van der Waals surface area contributed by atoms with Crippen LogP contribution in [0.2, 0.25) is 0 Å². The maximum Gasteiger partial charge on any atom is 1.00 e. The van der Waals surface area contributed by atoms with Gasteiger partial charge in [-0.15, -0.1) is 0 Å². The van der Waals surface area contributed by atoms with E-state index >= 15 is 0 Å². The molecular weight excluding hydrogens is 323 g/mol. The fraction of sp³-hybridized carbons (Fsp3) is 0.833. The number of ether oxygens (including phenoxy) is 2. The molecule has 0 radical (unpaired) electrons. The summed E-state index contributed by atoms with van der Waals surface area (Å²) >= 11 is 1.77. The first-order valence-corrected chi connectivity index (χ1v) is 7.55. The third-order valence-electron chi connectivity index (χ3n) is 3.27. The van der Waals surface area contributed by atoms with Crippen LogP contribution in [0.3, 0.4) is 0 Å². The Morgan fingerprint density at radius 2 is 2.14 bits per heavy atom. The van der Waals surface area contributed by atoms with E-state index in [1.807, 2.05) is 0 Å². The van der Waals surface area contributed by atoms with Gasteiger partial charge in [0.1, 0.15) is 0 Å². The number of thioether (sulfide) groups is 1. The molecule has 9 heteroatoms. The van der Waals surface area contributed by atoms with E-state index < -0.39 is 18.0 Å². The van der Waals surface area contributed by atoms with E-state index in [1.165, 1.54) is 7.11 Å². The van der Waals surface area contributed by atoms with Crippen LogP contribution in [0.5, 0.6) is 0 Å². The monoisotopic (exact) mass is 344 g/mol. The minimum absolute atomic E-state index is 0. The molecule has 116 valence electrons. The van der Waals surface area contributed by atoms with Gasteiger partial charge in [0.05, 0.1) is 17.6 Å². The van der Waals surface area contributed by atoms with Gasteiger partial charge in [0.15, 0.2) is 0 Å². The number of methoxy groups -OCH3 is 2. The van der Waals surface area contributed by atoms with Crippen molar-refractivity contribution in [3.05, 3.63) is 0 Å². The number of hydrogen-bond donors (Lipinski definition) is 2. The number of carboxylic acid groups (broad SMARTS) is 1. The van der Waals surface area contributed by atoms with Crippen molar-refractivity contribution in [2.24, 2.45) is 0 Å². The van der Waals surface area contributed by atoms with Gasteiger partial charge >= 0.3 is 57.4 Å². The first kappa shape index (κ1) is 21.6. The van der Waals surface area contributed by atoms with E-state index in [0.717, 1.165) is 17.9 Å². The maximum atomic E-state index is 11.7. The summed E-state index contributed by atoms with van der Waals surface area (Å²) in [6, 6.07) is -1.60. The maximum absolute atomic E-state index is 11.7. The van der Waals surface area contributed by atoms with Gasteiger partial charge in [-0.1, -0.05) is 0 Å². The van der Waals surface area contributed by atoms with Crippen LogP contribution in [-0.2, 0) is 14.3 Å². The first-order valence-electron chi connectivity index (χ1n) is 6.40. The first-order chi connectivity index (χ1) is 9.53. The number of hydrogen-bond acceptors (Lipinski definition) is 6. The molecule has 0 aromatic heterocycles. The molecule has 1 aliphatic rings. The van der Waals surface area contributed by atoms with Crippen molar-refractivity contribution in [3.8, 4) is 0 Å². The summed E-state index contributed by atoms with van der Waals surface area (Å²) in [5.74, 6) is 0.486. The summed E-state index contributed by atoms with van der Waals surface area (Å²) < 4.78 is 10.2. The SMILES string of the molecule is COCCC(NC(=O)NCC1(OC)CCSC1)C(=O)[O-].[K+]. The van der Waals surface area contributed by atoms with Crippen LogP contribution in [0.15, 0.2) is 0 Å². The molecule has 0 aliphatic carbocycles. The Hall–Kier alpha value is 0.646. The molecule has 1 fully saturated rings. The number of carboxylic acids is 1. The summed E-state index contributed by atoms with van der Waals surface area (Å²) in [5, 5.41) is 15.9. The molecule has 2 atom stereocenters. The molecule has 1 aliphatic heterocycles. The molecule has 1 rings (SSSR count). The third kappa shape index (κ3) is 7.64. The Labute approximate surface area is 171 Å². The van der Waals surface area contributed by atoms with E-state index in [4.69, 9.17) is 9.47 Å². The van der Waals surface area contributed by atoms with Crippen LogP contribution in [0.1, 0.15) is 12.8 Å². The van der Waals surface area contributed by atoms with Crippen LogP contribution < -0.4 is 67.1 Å². The van der Waals surface area contributed by atoms with Crippen molar-refractivity contribution in [1.29, 1.82) is 0 Å². The van der Waals surface area contributed by atoms with Gasteiger partial charge in [0.2, 0.25) is 0 Å². The molecular formula is C12H21KN2O5S. The quantitative estimate of drug-likeness (QED) is 0.435. The Kier molecular flexibility index (Phi) is 11.6. The topological polar surface area (TPSA) is 99.7 Å². The number of carbonyl (C=O) groups excluding carboxylic acids is 2. The normalized spacial score (nSPS) is 22.2. The standard InChI is InChI=1S/C12H22N2O5S.K/c1-18-5-3-9(10(15)16)14-11(17)13-7-12(19-2)4-6-20-8-12;/h9H,3-8H2,1-2H3,(H,15,16)(H2,13,14,17);/q;+1/p-1. The zero-order valence-corrected chi connectivity index (χ0v) is 16.7. The van der Waals surface area contributed by atoms with Crippen molar-refractivity contribution >= 4 is 23.8 Å². The average Bonchev–Trinajstić information content (AvgIpc) is 2.90. The number of rotatable bonds is 8. The molecule has 2 N–H and O–H groups in total. The van der Waals surface area contributed by atoms with Crippen molar-refractivity contribution < 1.29 is 75.6 Å². The van der Waals surface area contributed by atoms with Gasteiger partial charge < -0.3 is 30.0 Å². The Bertz CT molecular complexity index is 340. The summed E-state index contributed by atoms with van der Waals surface area (Å²) in [4.78, 5) is 22.6. The smallest absolute Gasteiger partial charge is 0.548 e. The number of urea groups is 1. The zero-order chi connectivity index (χ0) is 15.0. The van der Waals surface area contributed by atoms with Crippen LogP contribution in [0.4, 0.5) is 4.79 Å². The Morgan fingerprint density at radius 3 is 2.62 bits per heavy atom. The van der Waals surface area contributed by atoms with Gasteiger partial charge in [-0.05, 0) is 18.6 Å². The minimum atomic E-state index is -1.32. The summed E-state index contributed by atoms with van der Waals surface area (Å²) in [6.07, 6.45) is 1.03. The van der Waals surface area contributed by atoms with E-state index in [2.05, 4.69) is 10.6 Å². The van der Waals surface area contributed by atoms with Gasteiger partial charge in [0, 0.05) is 33.1 Å². The van der Waals surface area contributed by atoms with Crippen molar-refractivity contribution in [2.75, 3.05) is 38.9 Å². The van der Waals surface area contributed by atoms with E-state index in [9.17, 15) is 14.7 Å². The molecule has 7 nitrogen and oxygen atoms in total. The van der Waals surface area contributed by atoms with Crippen LogP contribution in [0, 0.1) is 0 Å². The Morgan fingerprint density at radius 1 is 1.43 bits per heavy atom. The Balaban J connectivity index is 0.00000400. The number of carbonyl (C=O) groups is 2. The largest absolute Gasteiger partial charge is 1.00 e. The van der Waals surface area contributed by atoms with Crippen LogP contribution >= 0.6 is 11.8 Å². The summed E-state index contributed by atoms with van der Waals surface area (Å²) in [5.41, 5.74) is -0.356. The molecule has 0 aromatic rings. The zero-order valence-electron chi connectivity index (χ0n) is 12.8. The minimum Gasteiger partial charge on any atom is -0.548 e. The van der Waals surface area contributed by atoms with Crippen molar-refractivity contribution in [3.63, 3.8) is 0 Å². The molecule has 0 saturated carbocycles. The number of amides is 2. The van der Waals surface area contributed by atoms with Gasteiger partial charge in [-0.2, -0.15) is 11.8 Å². The molecule has 2 unspecified atom stereocenters. The third-order valence-corrected chi connectivity index (χ3v) is 4.49. The van der Waals surface area contributed by atoms with E-state index in [0.29, 0.717) is 6.54 Å². The van der Waals surface area contributed by atoms with Crippen molar-refractivity contribution in [1.82, 2.24) is 10.6 Å². The van der Waals surface area contributed by atoms with E-state index in [-0.39, 0.29) is 70.0 Å². The molecule has 0 spiro atoms. The second-order valence-electron chi connectivity index (χ2n) is 4.67. The fourth-order valence-electron chi connectivity index (χ4n) is 1.90. The fourth-order valence-corrected chi connectivity index (χ4v) is 3.29. The van der Waals surface area contributed by atoms with Crippen LogP contribution in [-0.4, -0.2) is 62.5 Å². The molecule has 21 heavy (non-hydrogen) atoms. The number of nitrogens with one attached hydrogen (secondary N) is 2. The predicted molar refractivity (Wildman–Crippen MR) is 73.5 cm³/mol. The number of aliphatic carboxylic acids is 1. The van der Waals surface area contributed by atoms with E-state index in [1.54, 1.807) is 18.9 Å². The predicted octanol–water partition coefficient (Wildman–Crippen LogP) is -4.03. The van der Waals surface area contributed by atoms with Gasteiger partial charge in [-0.25, -0.2) is 4.79 Å². The molecule has 0 aromatic carbocycles. The average molecular weight is 344 g/mol. The van der Waals surface area contributed by atoms with Gasteiger partial charge in [0.25, 0.3) is 0 Å². The second kappa shape index (κ2) is 11.2.